The van der Waals surface area contributed by atoms with E-state index in [1.165, 1.54) is 18.2 Å². The molecule has 0 unspecified atom stereocenters. The summed E-state index contributed by atoms with van der Waals surface area (Å²) in [4.78, 5) is 37.2. The molecule has 0 bridgehead atoms. The van der Waals surface area contributed by atoms with E-state index in [4.69, 9.17) is 16.3 Å². The van der Waals surface area contributed by atoms with Gasteiger partial charge in [0.2, 0.25) is 11.7 Å². The Morgan fingerprint density at radius 2 is 1.84 bits per heavy atom. The predicted molar refractivity (Wildman–Crippen MR) is 121 cm³/mol. The highest BCUT2D eigenvalue weighted by Crippen LogP contribution is 2.34. The van der Waals surface area contributed by atoms with Crippen molar-refractivity contribution >= 4 is 40.5 Å². The topological polar surface area (TPSA) is 102 Å². The summed E-state index contributed by atoms with van der Waals surface area (Å²) in [5.74, 6) is 0.0495. The van der Waals surface area contributed by atoms with E-state index in [2.05, 4.69) is 5.32 Å². The Labute approximate surface area is 188 Å². The number of nitrogens with one attached hydrogen (secondary N) is 1. The van der Waals surface area contributed by atoms with Gasteiger partial charge in [-0.3, -0.25) is 19.7 Å². The molecule has 0 radical (unpaired) electrons. The minimum atomic E-state index is -0.578. The van der Waals surface area contributed by atoms with Crippen molar-refractivity contribution in [3.05, 3.63) is 87.4 Å². The molecule has 162 valence electrons. The Morgan fingerprint density at radius 1 is 1.09 bits per heavy atom. The lowest BCUT2D eigenvalue weighted by Crippen LogP contribution is -2.25. The third kappa shape index (κ3) is 4.55. The summed E-state index contributed by atoms with van der Waals surface area (Å²) in [6.07, 6.45) is 1.28. The van der Waals surface area contributed by atoms with Gasteiger partial charge in [0.1, 0.15) is 5.75 Å². The molecule has 1 N–H and O–H groups in total. The van der Waals surface area contributed by atoms with Crippen LogP contribution in [0.25, 0.3) is 0 Å². The maximum atomic E-state index is 12.8. The number of nitrogens with zero attached hydrogens (tertiary/aromatic N) is 2. The second kappa shape index (κ2) is 9.07. The predicted octanol–water partition coefficient (Wildman–Crippen LogP) is 5.42. The normalized spacial score (nSPS) is 13.2. The van der Waals surface area contributed by atoms with Gasteiger partial charge in [-0.2, -0.15) is 0 Å². The van der Waals surface area contributed by atoms with Crippen molar-refractivity contribution in [1.29, 1.82) is 0 Å². The standard InChI is InChI=1S/C23H18ClN3O5/c24-16-9-12-21(20(14-16)27(30)31)32-17-10-7-15(8-11-17)23(29)25-18-4-1-2-5-19(18)26-13-3-6-22(26)28/h1-2,4-5,7-12,14H,3,6,13H2,(H,25,29). The van der Waals surface area contributed by atoms with E-state index in [9.17, 15) is 19.7 Å². The molecule has 2 amide bonds. The average molecular weight is 452 g/mol. The maximum Gasteiger partial charge on any atom is 0.313 e. The molecule has 9 heteroatoms. The summed E-state index contributed by atoms with van der Waals surface area (Å²) in [7, 11) is 0. The van der Waals surface area contributed by atoms with Crippen LogP contribution in [-0.2, 0) is 4.79 Å². The van der Waals surface area contributed by atoms with Crippen molar-refractivity contribution in [1.82, 2.24) is 0 Å². The average Bonchev–Trinajstić information content (AvgIpc) is 3.21. The third-order valence-electron chi connectivity index (χ3n) is 4.98. The van der Waals surface area contributed by atoms with Crippen LogP contribution < -0.4 is 15.0 Å². The number of rotatable bonds is 6. The first kappa shape index (κ1) is 21.3. The Bertz CT molecular complexity index is 1200. The summed E-state index contributed by atoms with van der Waals surface area (Å²) in [6, 6.07) is 17.5. The van der Waals surface area contributed by atoms with Crippen molar-refractivity contribution in [2.24, 2.45) is 0 Å². The molecule has 1 saturated heterocycles. The van der Waals surface area contributed by atoms with Crippen LogP contribution in [0.1, 0.15) is 23.2 Å². The van der Waals surface area contributed by atoms with Crippen molar-refractivity contribution < 1.29 is 19.2 Å². The van der Waals surface area contributed by atoms with Gasteiger partial charge in [-0.05, 0) is 55.0 Å². The number of ether oxygens (including phenoxy) is 1. The van der Waals surface area contributed by atoms with E-state index in [1.807, 2.05) is 6.07 Å². The quantitative estimate of drug-likeness (QED) is 0.398. The number of nitro groups is 1. The Balaban J connectivity index is 1.49. The largest absolute Gasteiger partial charge is 0.450 e. The maximum absolute atomic E-state index is 12.8. The van der Waals surface area contributed by atoms with Gasteiger partial charge < -0.3 is 15.0 Å². The Hall–Kier alpha value is -3.91. The minimum absolute atomic E-state index is 0.0319. The van der Waals surface area contributed by atoms with Crippen LogP contribution in [0.3, 0.4) is 0 Å². The fraction of sp³-hybridized carbons (Fsp3) is 0.130. The number of halogens is 1. The van der Waals surface area contributed by atoms with Gasteiger partial charge in [0.25, 0.3) is 5.91 Å². The first-order valence-electron chi connectivity index (χ1n) is 9.85. The molecule has 0 aromatic heterocycles. The first-order valence-corrected chi connectivity index (χ1v) is 10.2. The molecule has 0 atom stereocenters. The van der Waals surface area contributed by atoms with Crippen LogP contribution in [0.5, 0.6) is 11.5 Å². The van der Waals surface area contributed by atoms with Crippen molar-refractivity contribution in [3.8, 4) is 11.5 Å². The fourth-order valence-corrected chi connectivity index (χ4v) is 3.60. The lowest BCUT2D eigenvalue weighted by Gasteiger charge is -2.20. The second-order valence-corrected chi connectivity index (χ2v) is 7.55. The van der Waals surface area contributed by atoms with Gasteiger partial charge >= 0.3 is 5.69 Å². The van der Waals surface area contributed by atoms with Gasteiger partial charge in [-0.15, -0.1) is 0 Å². The summed E-state index contributed by atoms with van der Waals surface area (Å²) < 4.78 is 5.60. The highest BCUT2D eigenvalue weighted by Gasteiger charge is 2.24. The van der Waals surface area contributed by atoms with Crippen LogP contribution in [0, 0.1) is 10.1 Å². The number of carbonyl (C=O) groups excluding carboxylic acids is 2. The molecular weight excluding hydrogens is 434 g/mol. The lowest BCUT2D eigenvalue weighted by atomic mass is 10.2. The fourth-order valence-electron chi connectivity index (χ4n) is 3.43. The second-order valence-electron chi connectivity index (χ2n) is 7.12. The van der Waals surface area contributed by atoms with Crippen LogP contribution in [0.2, 0.25) is 5.02 Å². The molecule has 1 fully saturated rings. The number of carbonyl (C=O) groups is 2. The number of nitro benzene ring substituents is 1. The van der Waals surface area contributed by atoms with Gasteiger partial charge in [0.15, 0.2) is 0 Å². The van der Waals surface area contributed by atoms with E-state index in [0.29, 0.717) is 35.7 Å². The molecule has 0 saturated carbocycles. The lowest BCUT2D eigenvalue weighted by molar-refractivity contribution is -0.385. The molecule has 32 heavy (non-hydrogen) atoms. The summed E-state index contributed by atoms with van der Waals surface area (Å²) in [5.41, 5.74) is 1.32. The number of hydrogen-bond donors (Lipinski definition) is 1. The van der Waals surface area contributed by atoms with Gasteiger partial charge in [0.05, 0.1) is 16.3 Å². The van der Waals surface area contributed by atoms with Crippen LogP contribution in [-0.4, -0.2) is 23.3 Å². The molecule has 1 aliphatic rings. The van der Waals surface area contributed by atoms with E-state index in [1.54, 1.807) is 47.4 Å². The van der Waals surface area contributed by atoms with Crippen LogP contribution in [0.15, 0.2) is 66.7 Å². The number of benzene rings is 3. The number of hydrogen-bond acceptors (Lipinski definition) is 5. The molecule has 1 heterocycles. The molecule has 4 rings (SSSR count). The SMILES string of the molecule is O=C(Nc1ccccc1N1CCCC1=O)c1ccc(Oc2ccc(Cl)cc2[N+](=O)[O-])cc1. The zero-order valence-corrected chi connectivity index (χ0v) is 17.5. The third-order valence-corrected chi connectivity index (χ3v) is 5.21. The first-order chi connectivity index (χ1) is 15.4. The van der Waals surface area contributed by atoms with Gasteiger partial charge in [0, 0.05) is 29.6 Å². The molecule has 3 aromatic rings. The van der Waals surface area contributed by atoms with Gasteiger partial charge in [-0.25, -0.2) is 0 Å². The van der Waals surface area contributed by atoms with E-state index < -0.39 is 4.92 Å². The molecule has 1 aliphatic heterocycles. The number of anilines is 2. The number of para-hydroxylation sites is 2. The zero-order chi connectivity index (χ0) is 22.7. The summed E-state index contributed by atoms with van der Waals surface area (Å²) in [5, 5.41) is 14.3. The Kier molecular flexibility index (Phi) is 6.04. The highest BCUT2D eigenvalue weighted by atomic mass is 35.5. The molecular formula is C23H18ClN3O5. The van der Waals surface area contributed by atoms with Crippen molar-refractivity contribution in [3.63, 3.8) is 0 Å². The minimum Gasteiger partial charge on any atom is -0.450 e. The smallest absolute Gasteiger partial charge is 0.313 e. The van der Waals surface area contributed by atoms with E-state index in [-0.39, 0.29) is 28.3 Å². The number of amides is 2. The summed E-state index contributed by atoms with van der Waals surface area (Å²) in [6.45, 7) is 0.620. The summed E-state index contributed by atoms with van der Waals surface area (Å²) >= 11 is 5.82. The van der Waals surface area contributed by atoms with Gasteiger partial charge in [-0.1, -0.05) is 23.7 Å². The monoisotopic (exact) mass is 451 g/mol. The van der Waals surface area contributed by atoms with Crippen molar-refractivity contribution in [2.45, 2.75) is 12.8 Å². The van der Waals surface area contributed by atoms with E-state index >= 15 is 0 Å². The molecule has 0 aliphatic carbocycles. The Morgan fingerprint density at radius 3 is 2.53 bits per heavy atom. The highest BCUT2D eigenvalue weighted by molar-refractivity contribution is 6.30. The van der Waals surface area contributed by atoms with Crippen molar-refractivity contribution in [2.75, 3.05) is 16.8 Å². The van der Waals surface area contributed by atoms with Crippen LogP contribution >= 0.6 is 11.6 Å². The molecule has 0 spiro atoms. The molecule has 3 aromatic carbocycles. The zero-order valence-electron chi connectivity index (χ0n) is 16.8. The van der Waals surface area contributed by atoms with Crippen LogP contribution in [0.4, 0.5) is 17.1 Å². The van der Waals surface area contributed by atoms with E-state index in [0.717, 1.165) is 6.42 Å². The molecule has 8 nitrogen and oxygen atoms in total.